The zero-order valence-electron chi connectivity index (χ0n) is 15.9. The third-order valence-electron chi connectivity index (χ3n) is 4.85. The summed E-state index contributed by atoms with van der Waals surface area (Å²) in [5, 5.41) is 0. The number of anilines is 1. The molecule has 6 heteroatoms. The van der Waals surface area contributed by atoms with E-state index < -0.39 is 6.04 Å². The van der Waals surface area contributed by atoms with Crippen LogP contribution < -0.4 is 10.6 Å². The van der Waals surface area contributed by atoms with E-state index in [0.717, 1.165) is 38.2 Å². The van der Waals surface area contributed by atoms with Gasteiger partial charge in [-0.2, -0.15) is 0 Å². The van der Waals surface area contributed by atoms with Crippen LogP contribution in [-0.4, -0.2) is 54.7 Å². The van der Waals surface area contributed by atoms with Gasteiger partial charge in [0.25, 0.3) is 0 Å². The van der Waals surface area contributed by atoms with E-state index in [-0.39, 0.29) is 5.97 Å². The quantitative estimate of drug-likeness (QED) is 0.777. The molecule has 144 valence electrons. The molecule has 6 nitrogen and oxygen atoms in total. The van der Waals surface area contributed by atoms with Crippen LogP contribution in [0.15, 0.2) is 60.1 Å². The van der Waals surface area contributed by atoms with E-state index in [1.165, 1.54) is 11.3 Å². The first-order valence-corrected chi connectivity index (χ1v) is 9.54. The fourth-order valence-electron chi connectivity index (χ4n) is 3.33. The van der Waals surface area contributed by atoms with Gasteiger partial charge in [-0.25, -0.2) is 0 Å². The second kappa shape index (κ2) is 9.37. The summed E-state index contributed by atoms with van der Waals surface area (Å²) in [6, 6.07) is 3.53. The van der Waals surface area contributed by atoms with E-state index in [0.29, 0.717) is 13.0 Å². The van der Waals surface area contributed by atoms with Crippen LogP contribution in [0.25, 0.3) is 0 Å². The Morgan fingerprint density at radius 2 is 2.00 bits per heavy atom. The van der Waals surface area contributed by atoms with Gasteiger partial charge in [0.15, 0.2) is 0 Å². The third kappa shape index (κ3) is 5.44. The standard InChI is InChI=1S/C21H28N4O2/c1-2-27-21(26)20(22)15-17-3-5-18(6-4-17)16-24-11-13-25(14-12-24)19-7-9-23-10-8-19/h3-5,7-10,16,20H,2,6,11-15,22H2,1H3/t20-/m0/s1. The highest BCUT2D eigenvalue weighted by Gasteiger charge is 2.18. The van der Waals surface area contributed by atoms with Gasteiger partial charge in [0.05, 0.1) is 6.61 Å². The summed E-state index contributed by atoms with van der Waals surface area (Å²) in [7, 11) is 0. The van der Waals surface area contributed by atoms with Crippen molar-refractivity contribution in [2.75, 3.05) is 37.7 Å². The molecule has 1 aliphatic heterocycles. The monoisotopic (exact) mass is 368 g/mol. The van der Waals surface area contributed by atoms with Crippen molar-refractivity contribution in [3.05, 3.63) is 60.1 Å². The van der Waals surface area contributed by atoms with E-state index >= 15 is 0 Å². The van der Waals surface area contributed by atoms with Gasteiger partial charge in [0, 0.05) is 50.5 Å². The van der Waals surface area contributed by atoms with Crippen LogP contribution in [0.5, 0.6) is 0 Å². The second-order valence-electron chi connectivity index (χ2n) is 6.81. The minimum absolute atomic E-state index is 0.333. The average molecular weight is 368 g/mol. The van der Waals surface area contributed by atoms with Gasteiger partial charge in [-0.05, 0) is 43.0 Å². The van der Waals surface area contributed by atoms with E-state index in [2.05, 4.69) is 51.3 Å². The number of ether oxygens (including phenoxy) is 1. The largest absolute Gasteiger partial charge is 0.465 e. The summed E-state index contributed by atoms with van der Waals surface area (Å²) in [6.07, 6.45) is 13.7. The highest BCUT2D eigenvalue weighted by atomic mass is 16.5. The molecule has 1 aromatic heterocycles. The normalized spacial score (nSPS) is 19.8. The van der Waals surface area contributed by atoms with Crippen molar-refractivity contribution in [3.8, 4) is 0 Å². The van der Waals surface area contributed by atoms with E-state index in [1.807, 2.05) is 12.4 Å². The first-order valence-electron chi connectivity index (χ1n) is 9.54. The Bertz CT molecular complexity index is 719. The van der Waals surface area contributed by atoms with Gasteiger partial charge in [0.2, 0.25) is 0 Å². The molecule has 0 unspecified atom stereocenters. The molecule has 0 bridgehead atoms. The molecule has 0 spiro atoms. The highest BCUT2D eigenvalue weighted by molar-refractivity contribution is 5.76. The number of carbonyl (C=O) groups excluding carboxylic acids is 1. The molecule has 1 aliphatic carbocycles. The van der Waals surface area contributed by atoms with Crippen LogP contribution in [0.1, 0.15) is 19.8 Å². The van der Waals surface area contributed by atoms with Crippen LogP contribution in [-0.2, 0) is 9.53 Å². The summed E-state index contributed by atoms with van der Waals surface area (Å²) < 4.78 is 4.97. The summed E-state index contributed by atoms with van der Waals surface area (Å²) in [6.45, 7) is 6.18. The van der Waals surface area contributed by atoms with Crippen molar-refractivity contribution < 1.29 is 9.53 Å². The number of nitrogens with zero attached hydrogens (tertiary/aromatic N) is 3. The predicted octanol–water partition coefficient (Wildman–Crippen LogP) is 2.25. The van der Waals surface area contributed by atoms with Gasteiger partial charge in [-0.15, -0.1) is 0 Å². The molecule has 1 atom stereocenters. The smallest absolute Gasteiger partial charge is 0.323 e. The maximum Gasteiger partial charge on any atom is 0.323 e. The Balaban J connectivity index is 1.47. The molecule has 2 heterocycles. The molecule has 0 aromatic carbocycles. The van der Waals surface area contributed by atoms with Crippen molar-refractivity contribution in [3.63, 3.8) is 0 Å². The minimum atomic E-state index is -0.590. The summed E-state index contributed by atoms with van der Waals surface area (Å²) in [5.74, 6) is -0.333. The van der Waals surface area contributed by atoms with Gasteiger partial charge in [-0.1, -0.05) is 18.2 Å². The van der Waals surface area contributed by atoms with Crippen molar-refractivity contribution in [2.24, 2.45) is 5.73 Å². The first-order chi connectivity index (χ1) is 13.2. The van der Waals surface area contributed by atoms with Crippen LogP contribution in [0.3, 0.4) is 0 Å². The van der Waals surface area contributed by atoms with Crippen molar-refractivity contribution in [2.45, 2.75) is 25.8 Å². The maximum absolute atomic E-state index is 11.6. The number of aromatic nitrogens is 1. The molecule has 2 N–H and O–H groups in total. The number of hydrogen-bond acceptors (Lipinski definition) is 6. The predicted molar refractivity (Wildman–Crippen MR) is 107 cm³/mol. The number of rotatable bonds is 6. The molecule has 3 rings (SSSR count). The Morgan fingerprint density at radius 3 is 2.63 bits per heavy atom. The Morgan fingerprint density at radius 1 is 1.26 bits per heavy atom. The van der Waals surface area contributed by atoms with Crippen molar-refractivity contribution >= 4 is 11.7 Å². The zero-order chi connectivity index (χ0) is 19.1. The third-order valence-corrected chi connectivity index (χ3v) is 4.85. The number of piperazine rings is 1. The first kappa shape index (κ1) is 19.2. The number of hydrogen-bond donors (Lipinski definition) is 1. The molecule has 1 saturated heterocycles. The number of pyridine rings is 1. The topological polar surface area (TPSA) is 71.7 Å². The molecule has 0 saturated carbocycles. The molecule has 27 heavy (non-hydrogen) atoms. The lowest BCUT2D eigenvalue weighted by Crippen LogP contribution is -2.44. The number of nitrogens with two attached hydrogens (primary N) is 1. The van der Waals surface area contributed by atoms with Crippen LogP contribution in [0.2, 0.25) is 0 Å². The molecule has 0 amide bonds. The molecule has 0 radical (unpaired) electrons. The van der Waals surface area contributed by atoms with E-state index in [9.17, 15) is 4.79 Å². The van der Waals surface area contributed by atoms with Crippen LogP contribution in [0.4, 0.5) is 5.69 Å². The molecular formula is C21H28N4O2. The Labute approximate surface area is 161 Å². The van der Waals surface area contributed by atoms with Gasteiger partial charge in [-0.3, -0.25) is 9.78 Å². The van der Waals surface area contributed by atoms with E-state index in [1.54, 1.807) is 6.92 Å². The average Bonchev–Trinajstić information content (AvgIpc) is 2.71. The van der Waals surface area contributed by atoms with Crippen LogP contribution >= 0.6 is 0 Å². The van der Waals surface area contributed by atoms with Crippen LogP contribution in [0, 0.1) is 0 Å². The number of carbonyl (C=O) groups is 1. The fourth-order valence-corrected chi connectivity index (χ4v) is 3.33. The van der Waals surface area contributed by atoms with Gasteiger partial charge < -0.3 is 20.3 Å². The Hall–Kier alpha value is -2.60. The van der Waals surface area contributed by atoms with Gasteiger partial charge in [0.1, 0.15) is 6.04 Å². The SMILES string of the molecule is CCOC(=O)[C@@H](N)CC1=CCC(=CN2CCN(c3ccncc3)CC2)C=C1. The van der Waals surface area contributed by atoms with Crippen molar-refractivity contribution in [1.29, 1.82) is 0 Å². The minimum Gasteiger partial charge on any atom is -0.465 e. The second-order valence-corrected chi connectivity index (χ2v) is 6.81. The number of allylic oxidation sites excluding steroid dienone is 4. The lowest BCUT2D eigenvalue weighted by atomic mass is 9.98. The summed E-state index contributed by atoms with van der Waals surface area (Å²) in [5.41, 5.74) is 9.51. The Kier molecular flexibility index (Phi) is 6.65. The molecular weight excluding hydrogens is 340 g/mol. The van der Waals surface area contributed by atoms with E-state index in [4.69, 9.17) is 10.5 Å². The molecule has 1 aromatic rings. The van der Waals surface area contributed by atoms with Gasteiger partial charge >= 0.3 is 5.97 Å². The highest BCUT2D eigenvalue weighted by Crippen LogP contribution is 2.21. The molecule has 2 aliphatic rings. The zero-order valence-corrected chi connectivity index (χ0v) is 15.9. The lowest BCUT2D eigenvalue weighted by molar-refractivity contribution is -0.144. The molecule has 1 fully saturated rings. The lowest BCUT2D eigenvalue weighted by Gasteiger charge is -2.36. The fraction of sp³-hybridized carbons (Fsp3) is 0.429. The maximum atomic E-state index is 11.6. The summed E-state index contributed by atoms with van der Waals surface area (Å²) in [4.78, 5) is 20.5. The summed E-state index contributed by atoms with van der Waals surface area (Å²) >= 11 is 0. The number of esters is 1. The van der Waals surface area contributed by atoms with Crippen molar-refractivity contribution in [1.82, 2.24) is 9.88 Å².